The van der Waals surface area contributed by atoms with E-state index in [1.807, 2.05) is 77.3 Å². The van der Waals surface area contributed by atoms with Crippen LogP contribution in [0.15, 0.2) is 87.9 Å². The Morgan fingerprint density at radius 2 is 1.68 bits per heavy atom. The molecule has 0 aliphatic rings. The summed E-state index contributed by atoms with van der Waals surface area (Å²) in [6.45, 7) is 0. The lowest BCUT2D eigenvalue weighted by molar-refractivity contribution is -0.111. The van der Waals surface area contributed by atoms with Crippen molar-refractivity contribution in [3.63, 3.8) is 0 Å². The highest BCUT2D eigenvalue weighted by Crippen LogP contribution is 2.33. The van der Waals surface area contributed by atoms with Crippen LogP contribution in [-0.4, -0.2) is 15.3 Å². The molecule has 0 saturated carbocycles. The molecule has 1 amide bonds. The van der Waals surface area contributed by atoms with Gasteiger partial charge >= 0.3 is 0 Å². The van der Waals surface area contributed by atoms with E-state index in [4.69, 9.17) is 4.98 Å². The second-order valence-corrected chi connectivity index (χ2v) is 7.88. The number of amides is 1. The minimum absolute atomic E-state index is 0.223. The summed E-state index contributed by atoms with van der Waals surface area (Å²) in [5.74, 6) is 0.393. The first-order valence-electron chi connectivity index (χ1n) is 8.58. The molecule has 2 aromatic heterocycles. The minimum Gasteiger partial charge on any atom is -0.306 e. The SMILES string of the molecule is O=C(C=Cc1ccccc1)Nc1c(-c2ccccc2)nc2c(Br)cc(Br)cn12. The molecule has 4 nitrogen and oxygen atoms in total. The largest absolute Gasteiger partial charge is 0.306 e. The molecule has 0 fully saturated rings. The fraction of sp³-hybridized carbons (Fsp3) is 0. The Hall–Kier alpha value is -2.70. The zero-order valence-corrected chi connectivity index (χ0v) is 17.8. The second kappa shape index (κ2) is 8.12. The molecule has 0 spiro atoms. The average molecular weight is 497 g/mol. The fourth-order valence-electron chi connectivity index (χ4n) is 2.88. The molecule has 0 aliphatic carbocycles. The summed E-state index contributed by atoms with van der Waals surface area (Å²) in [6, 6.07) is 21.4. The number of halogens is 2. The van der Waals surface area contributed by atoms with Crippen LogP contribution in [0.4, 0.5) is 5.82 Å². The van der Waals surface area contributed by atoms with Crippen LogP contribution in [0.3, 0.4) is 0 Å². The predicted molar refractivity (Wildman–Crippen MR) is 120 cm³/mol. The van der Waals surface area contributed by atoms with Gasteiger partial charge in [0.05, 0.1) is 4.47 Å². The Balaban J connectivity index is 1.76. The van der Waals surface area contributed by atoms with Crippen LogP contribution in [0, 0.1) is 0 Å². The number of hydrogen-bond donors (Lipinski definition) is 1. The Bertz CT molecular complexity index is 1170. The third-order valence-corrected chi connectivity index (χ3v) is 5.17. The number of rotatable bonds is 4. The predicted octanol–water partition coefficient (Wildman–Crippen LogP) is 6.18. The number of benzene rings is 2. The zero-order chi connectivity index (χ0) is 19.5. The van der Waals surface area contributed by atoms with Gasteiger partial charge in [0.25, 0.3) is 0 Å². The summed E-state index contributed by atoms with van der Waals surface area (Å²) in [4.78, 5) is 17.4. The monoisotopic (exact) mass is 495 g/mol. The van der Waals surface area contributed by atoms with E-state index in [0.717, 1.165) is 25.7 Å². The highest BCUT2D eigenvalue weighted by molar-refractivity contribution is 9.11. The number of pyridine rings is 1. The first-order chi connectivity index (χ1) is 13.6. The van der Waals surface area contributed by atoms with Gasteiger partial charge in [-0.25, -0.2) is 4.98 Å². The van der Waals surface area contributed by atoms with Gasteiger partial charge in [0.2, 0.25) is 5.91 Å². The number of hydrogen-bond acceptors (Lipinski definition) is 2. The maximum Gasteiger partial charge on any atom is 0.249 e. The van der Waals surface area contributed by atoms with Crippen LogP contribution in [0.25, 0.3) is 23.0 Å². The Morgan fingerprint density at radius 3 is 2.39 bits per heavy atom. The maximum atomic E-state index is 12.6. The number of fused-ring (bicyclic) bond motifs is 1. The maximum absolute atomic E-state index is 12.6. The molecule has 4 rings (SSSR count). The number of imidazole rings is 1. The summed E-state index contributed by atoms with van der Waals surface area (Å²) >= 11 is 7.06. The van der Waals surface area contributed by atoms with Gasteiger partial charge in [-0.1, -0.05) is 60.7 Å². The van der Waals surface area contributed by atoms with Crippen molar-refractivity contribution >= 4 is 55.3 Å². The standard InChI is InChI=1S/C22H15Br2N3O/c23-17-13-18(24)21-26-20(16-9-5-2-6-10-16)22(27(21)14-17)25-19(28)12-11-15-7-3-1-4-8-15/h1-14H,(H,25,28). The molecule has 0 radical (unpaired) electrons. The lowest BCUT2D eigenvalue weighted by Gasteiger charge is -2.07. The van der Waals surface area contributed by atoms with Crippen LogP contribution in [0.1, 0.15) is 5.56 Å². The van der Waals surface area contributed by atoms with Gasteiger partial charge < -0.3 is 5.32 Å². The van der Waals surface area contributed by atoms with Gasteiger partial charge in [-0.3, -0.25) is 9.20 Å². The van der Waals surface area contributed by atoms with Crippen molar-refractivity contribution in [1.29, 1.82) is 0 Å². The van der Waals surface area contributed by atoms with Crippen molar-refractivity contribution in [3.05, 3.63) is 93.5 Å². The third-order valence-electron chi connectivity index (χ3n) is 4.16. The third kappa shape index (κ3) is 3.93. The first kappa shape index (κ1) is 18.7. The van der Waals surface area contributed by atoms with Gasteiger partial charge in [-0.2, -0.15) is 0 Å². The summed E-state index contributed by atoms with van der Waals surface area (Å²) < 4.78 is 3.57. The van der Waals surface area contributed by atoms with E-state index in [1.54, 1.807) is 6.08 Å². The Labute approximate surface area is 179 Å². The van der Waals surface area contributed by atoms with E-state index in [0.29, 0.717) is 11.5 Å². The first-order valence-corrected chi connectivity index (χ1v) is 10.2. The zero-order valence-electron chi connectivity index (χ0n) is 14.6. The number of nitrogens with one attached hydrogen (secondary N) is 1. The van der Waals surface area contributed by atoms with E-state index in [2.05, 4.69) is 37.2 Å². The van der Waals surface area contributed by atoms with Gasteiger partial charge in [-0.05, 0) is 49.6 Å². The molecule has 28 heavy (non-hydrogen) atoms. The van der Waals surface area contributed by atoms with Gasteiger partial charge in [-0.15, -0.1) is 0 Å². The number of carbonyl (C=O) groups is 1. The number of nitrogens with zero attached hydrogens (tertiary/aromatic N) is 2. The van der Waals surface area contributed by atoms with Crippen molar-refractivity contribution in [1.82, 2.24) is 9.38 Å². The molecule has 2 heterocycles. The minimum atomic E-state index is -0.223. The smallest absolute Gasteiger partial charge is 0.249 e. The molecule has 0 saturated heterocycles. The lowest BCUT2D eigenvalue weighted by Crippen LogP contribution is -2.10. The Morgan fingerprint density at radius 1 is 1.00 bits per heavy atom. The fourth-order valence-corrected chi connectivity index (χ4v) is 4.15. The molecule has 0 bridgehead atoms. The molecule has 138 valence electrons. The molecule has 2 aromatic carbocycles. The summed E-state index contributed by atoms with van der Waals surface area (Å²) in [5, 5.41) is 2.99. The quantitative estimate of drug-likeness (QED) is 0.343. The molecule has 0 unspecified atom stereocenters. The number of aromatic nitrogens is 2. The van der Waals surface area contributed by atoms with Crippen LogP contribution in [0.2, 0.25) is 0 Å². The van der Waals surface area contributed by atoms with E-state index in [1.165, 1.54) is 6.08 Å². The van der Waals surface area contributed by atoms with Gasteiger partial charge in [0.15, 0.2) is 5.65 Å². The highest BCUT2D eigenvalue weighted by Gasteiger charge is 2.17. The molecule has 0 atom stereocenters. The van der Waals surface area contributed by atoms with E-state index >= 15 is 0 Å². The van der Waals surface area contributed by atoms with E-state index in [9.17, 15) is 4.79 Å². The molecule has 0 aliphatic heterocycles. The Kier molecular flexibility index (Phi) is 5.41. The molecule has 4 aromatic rings. The number of anilines is 1. The van der Waals surface area contributed by atoms with E-state index in [-0.39, 0.29) is 5.91 Å². The second-order valence-electron chi connectivity index (χ2n) is 6.11. The van der Waals surface area contributed by atoms with Gasteiger partial charge in [0, 0.05) is 22.3 Å². The van der Waals surface area contributed by atoms with Crippen LogP contribution in [0.5, 0.6) is 0 Å². The molecular formula is C22H15Br2N3O. The van der Waals surface area contributed by atoms with Crippen molar-refractivity contribution in [2.75, 3.05) is 5.32 Å². The molecule has 1 N–H and O–H groups in total. The van der Waals surface area contributed by atoms with Crippen LogP contribution >= 0.6 is 31.9 Å². The number of carbonyl (C=O) groups excluding carboxylic acids is 1. The van der Waals surface area contributed by atoms with Crippen molar-refractivity contribution in [2.24, 2.45) is 0 Å². The summed E-state index contributed by atoms with van der Waals surface area (Å²) in [6.07, 6.45) is 5.19. The summed E-state index contributed by atoms with van der Waals surface area (Å²) in [5.41, 5.74) is 3.33. The molecular weight excluding hydrogens is 482 g/mol. The topological polar surface area (TPSA) is 46.4 Å². The van der Waals surface area contributed by atoms with Crippen LogP contribution < -0.4 is 5.32 Å². The van der Waals surface area contributed by atoms with Crippen molar-refractivity contribution < 1.29 is 4.79 Å². The molecule has 6 heteroatoms. The highest BCUT2D eigenvalue weighted by atomic mass is 79.9. The van der Waals surface area contributed by atoms with Gasteiger partial charge in [0.1, 0.15) is 11.5 Å². The van der Waals surface area contributed by atoms with Crippen LogP contribution in [-0.2, 0) is 4.79 Å². The van der Waals surface area contributed by atoms with Crippen molar-refractivity contribution in [3.8, 4) is 11.3 Å². The lowest BCUT2D eigenvalue weighted by atomic mass is 10.1. The normalized spacial score (nSPS) is 11.2. The van der Waals surface area contributed by atoms with Crippen molar-refractivity contribution in [2.45, 2.75) is 0 Å². The van der Waals surface area contributed by atoms with E-state index < -0.39 is 0 Å². The average Bonchev–Trinajstić information content (AvgIpc) is 3.06. The summed E-state index contributed by atoms with van der Waals surface area (Å²) in [7, 11) is 0.